The quantitative estimate of drug-likeness (QED) is 0.491. The van der Waals surface area contributed by atoms with Crippen LogP contribution in [-0.2, 0) is 4.74 Å². The third kappa shape index (κ3) is 4.95. The Morgan fingerprint density at radius 3 is 2.45 bits per heavy atom. The van der Waals surface area contributed by atoms with Crippen molar-refractivity contribution < 1.29 is 27.8 Å². The van der Waals surface area contributed by atoms with E-state index in [2.05, 4.69) is 11.3 Å². The zero-order chi connectivity index (χ0) is 15.2. The second-order valence-electron chi connectivity index (χ2n) is 4.20. The Morgan fingerprint density at radius 2 is 1.95 bits per heavy atom. The molecule has 20 heavy (non-hydrogen) atoms. The number of unbranched alkanes of at least 4 members (excludes halogenated alkanes) is 1. The molecule has 0 unspecified atom stereocenters. The van der Waals surface area contributed by atoms with Crippen molar-refractivity contribution in [2.75, 3.05) is 0 Å². The molecule has 0 aromatic heterocycles. The number of ether oxygens (including phenoxy) is 1. The van der Waals surface area contributed by atoms with Gasteiger partial charge in [0, 0.05) is 0 Å². The van der Waals surface area contributed by atoms with Crippen molar-refractivity contribution in [2.24, 2.45) is 0 Å². The van der Waals surface area contributed by atoms with Crippen molar-refractivity contribution >= 4 is 5.97 Å². The molecule has 0 bridgehead atoms. The Labute approximate surface area is 114 Å². The van der Waals surface area contributed by atoms with E-state index in [4.69, 9.17) is 5.11 Å². The zero-order valence-corrected chi connectivity index (χ0v) is 10.7. The number of esters is 1. The summed E-state index contributed by atoms with van der Waals surface area (Å²) >= 11 is 0. The number of phenols is 1. The SMILES string of the molecule is C=CCCC[C@@H](OC(=O)c1ccc(O)cc1)C(F)(F)F. The molecule has 0 saturated carbocycles. The van der Waals surface area contributed by atoms with E-state index in [0.717, 1.165) is 0 Å². The number of benzene rings is 1. The second kappa shape index (κ2) is 6.98. The molecule has 1 atom stereocenters. The lowest BCUT2D eigenvalue weighted by atomic mass is 10.1. The van der Waals surface area contributed by atoms with Gasteiger partial charge in [-0.15, -0.1) is 6.58 Å². The fourth-order valence-corrected chi connectivity index (χ4v) is 1.53. The summed E-state index contributed by atoms with van der Waals surface area (Å²) < 4.78 is 42.7. The number of alkyl halides is 3. The Balaban J connectivity index is 2.71. The van der Waals surface area contributed by atoms with Gasteiger partial charge in [-0.3, -0.25) is 0 Å². The molecule has 0 spiro atoms. The molecule has 0 fully saturated rings. The highest BCUT2D eigenvalue weighted by atomic mass is 19.4. The Kier molecular flexibility index (Phi) is 5.61. The summed E-state index contributed by atoms with van der Waals surface area (Å²) in [7, 11) is 0. The van der Waals surface area contributed by atoms with Crippen LogP contribution in [0.4, 0.5) is 13.2 Å². The molecule has 1 aromatic carbocycles. The van der Waals surface area contributed by atoms with Crippen LogP contribution in [0.2, 0.25) is 0 Å². The normalized spacial score (nSPS) is 12.8. The van der Waals surface area contributed by atoms with Crippen LogP contribution < -0.4 is 0 Å². The number of hydrogen-bond donors (Lipinski definition) is 1. The first-order valence-electron chi connectivity index (χ1n) is 6.02. The molecule has 110 valence electrons. The van der Waals surface area contributed by atoms with Crippen LogP contribution in [0.1, 0.15) is 29.6 Å². The van der Waals surface area contributed by atoms with Gasteiger partial charge in [-0.2, -0.15) is 13.2 Å². The van der Waals surface area contributed by atoms with E-state index in [1.54, 1.807) is 0 Å². The third-order valence-corrected chi connectivity index (χ3v) is 2.59. The van der Waals surface area contributed by atoms with E-state index in [-0.39, 0.29) is 24.2 Å². The lowest BCUT2D eigenvalue weighted by Crippen LogP contribution is -2.33. The fraction of sp³-hybridized carbons (Fsp3) is 0.357. The lowest BCUT2D eigenvalue weighted by Gasteiger charge is -2.20. The minimum Gasteiger partial charge on any atom is -0.508 e. The van der Waals surface area contributed by atoms with Crippen molar-refractivity contribution in [1.29, 1.82) is 0 Å². The standard InChI is InChI=1S/C14H15F3O3/c1-2-3-4-5-12(14(15,16)17)20-13(19)10-6-8-11(18)9-7-10/h2,6-9,12,18H,1,3-5H2/t12-/m1/s1. The first kappa shape index (κ1) is 16.1. The molecule has 6 heteroatoms. The molecule has 1 aromatic rings. The number of carbonyl (C=O) groups is 1. The van der Waals surface area contributed by atoms with E-state index in [1.807, 2.05) is 0 Å². The molecule has 1 N–H and O–H groups in total. The molecule has 0 aliphatic carbocycles. The summed E-state index contributed by atoms with van der Waals surface area (Å²) in [4.78, 5) is 11.6. The van der Waals surface area contributed by atoms with Crippen LogP contribution in [-0.4, -0.2) is 23.4 Å². The summed E-state index contributed by atoms with van der Waals surface area (Å²) in [5, 5.41) is 9.05. The van der Waals surface area contributed by atoms with Crippen LogP contribution in [0.3, 0.4) is 0 Å². The van der Waals surface area contributed by atoms with Crippen molar-refractivity contribution in [3.8, 4) is 5.75 Å². The van der Waals surface area contributed by atoms with E-state index in [1.165, 1.54) is 30.3 Å². The smallest absolute Gasteiger partial charge is 0.425 e. The van der Waals surface area contributed by atoms with Gasteiger partial charge in [0.2, 0.25) is 0 Å². The zero-order valence-electron chi connectivity index (χ0n) is 10.7. The van der Waals surface area contributed by atoms with E-state index < -0.39 is 18.2 Å². The number of rotatable bonds is 6. The van der Waals surface area contributed by atoms with E-state index >= 15 is 0 Å². The number of allylic oxidation sites excluding steroid dienone is 1. The first-order chi connectivity index (χ1) is 9.34. The van der Waals surface area contributed by atoms with Gasteiger partial charge < -0.3 is 9.84 Å². The maximum atomic E-state index is 12.7. The van der Waals surface area contributed by atoms with Crippen LogP contribution in [0.15, 0.2) is 36.9 Å². The number of halogens is 3. The third-order valence-electron chi connectivity index (χ3n) is 2.59. The molecule has 0 aliphatic heterocycles. The molecule has 0 heterocycles. The summed E-state index contributed by atoms with van der Waals surface area (Å²) in [6.45, 7) is 3.42. The van der Waals surface area contributed by atoms with Gasteiger partial charge in [0.25, 0.3) is 0 Å². The highest BCUT2D eigenvalue weighted by Crippen LogP contribution is 2.28. The van der Waals surface area contributed by atoms with Crippen molar-refractivity contribution in [3.63, 3.8) is 0 Å². The van der Waals surface area contributed by atoms with Crippen molar-refractivity contribution in [3.05, 3.63) is 42.5 Å². The number of aromatic hydroxyl groups is 1. The Morgan fingerprint density at radius 1 is 1.35 bits per heavy atom. The topological polar surface area (TPSA) is 46.5 Å². The molecule has 0 aliphatic rings. The molecule has 0 radical (unpaired) electrons. The van der Waals surface area contributed by atoms with E-state index in [9.17, 15) is 18.0 Å². The van der Waals surface area contributed by atoms with Gasteiger partial charge >= 0.3 is 12.1 Å². The van der Waals surface area contributed by atoms with Crippen molar-refractivity contribution in [2.45, 2.75) is 31.5 Å². The Hall–Kier alpha value is -1.98. The first-order valence-corrected chi connectivity index (χ1v) is 6.02. The van der Waals surface area contributed by atoms with Gasteiger partial charge in [0.1, 0.15) is 5.75 Å². The molecule has 0 amide bonds. The summed E-state index contributed by atoms with van der Waals surface area (Å²) in [5.74, 6) is -1.15. The van der Waals surface area contributed by atoms with Gasteiger partial charge in [0.15, 0.2) is 6.10 Å². The van der Waals surface area contributed by atoms with Crippen LogP contribution in [0, 0.1) is 0 Å². The molecule has 1 rings (SSSR count). The van der Waals surface area contributed by atoms with Crippen molar-refractivity contribution in [1.82, 2.24) is 0 Å². The summed E-state index contributed by atoms with van der Waals surface area (Å²) in [5.41, 5.74) is -0.0410. The minimum atomic E-state index is -4.60. The lowest BCUT2D eigenvalue weighted by molar-refractivity contribution is -0.206. The fourth-order valence-electron chi connectivity index (χ4n) is 1.53. The van der Waals surface area contributed by atoms with Crippen LogP contribution >= 0.6 is 0 Å². The largest absolute Gasteiger partial charge is 0.508 e. The van der Waals surface area contributed by atoms with Crippen LogP contribution in [0.25, 0.3) is 0 Å². The van der Waals surface area contributed by atoms with Crippen LogP contribution in [0.5, 0.6) is 5.75 Å². The van der Waals surface area contributed by atoms with Gasteiger partial charge in [-0.25, -0.2) is 4.79 Å². The second-order valence-corrected chi connectivity index (χ2v) is 4.20. The van der Waals surface area contributed by atoms with Gasteiger partial charge in [-0.05, 0) is 43.5 Å². The summed E-state index contributed by atoms with van der Waals surface area (Å²) in [6.07, 6.45) is -4.88. The number of hydrogen-bond acceptors (Lipinski definition) is 3. The predicted octanol–water partition coefficient (Wildman–Crippen LogP) is 3.84. The average molecular weight is 288 g/mol. The maximum absolute atomic E-state index is 12.7. The number of carbonyl (C=O) groups excluding carboxylic acids is 1. The monoisotopic (exact) mass is 288 g/mol. The molecular weight excluding hydrogens is 273 g/mol. The van der Waals surface area contributed by atoms with Gasteiger partial charge in [0.05, 0.1) is 5.56 Å². The Bertz CT molecular complexity index is 452. The minimum absolute atomic E-state index is 0.0410. The summed E-state index contributed by atoms with van der Waals surface area (Å²) in [6, 6.07) is 4.82. The number of phenolic OH excluding ortho intramolecular Hbond substituents is 1. The molecule has 0 saturated heterocycles. The maximum Gasteiger partial charge on any atom is 0.425 e. The van der Waals surface area contributed by atoms with E-state index in [0.29, 0.717) is 6.42 Å². The molecule has 3 nitrogen and oxygen atoms in total. The highest BCUT2D eigenvalue weighted by Gasteiger charge is 2.42. The predicted molar refractivity (Wildman–Crippen MR) is 67.4 cm³/mol. The highest BCUT2D eigenvalue weighted by molar-refractivity contribution is 5.89. The average Bonchev–Trinajstić information content (AvgIpc) is 2.37. The molecular formula is C14H15F3O3. The van der Waals surface area contributed by atoms with Gasteiger partial charge in [-0.1, -0.05) is 6.08 Å².